The number of nitrogens with zero attached hydrogens (tertiary/aromatic N) is 2. The Labute approximate surface area is 211 Å². The van der Waals surface area contributed by atoms with Gasteiger partial charge in [0, 0.05) is 25.8 Å². The van der Waals surface area contributed by atoms with Crippen molar-refractivity contribution in [3.63, 3.8) is 0 Å². The van der Waals surface area contributed by atoms with Crippen molar-refractivity contribution in [3.8, 4) is 17.2 Å². The summed E-state index contributed by atoms with van der Waals surface area (Å²) < 4.78 is 0. The van der Waals surface area contributed by atoms with Crippen LogP contribution in [-0.4, -0.2) is 35.3 Å². The van der Waals surface area contributed by atoms with Crippen molar-refractivity contribution >= 4 is 17.5 Å². The van der Waals surface area contributed by atoms with Gasteiger partial charge in [-0.2, -0.15) is 5.26 Å². The molecule has 0 spiro atoms. The second-order valence-corrected chi connectivity index (χ2v) is 8.59. The summed E-state index contributed by atoms with van der Waals surface area (Å²) in [4.78, 5) is 25.1. The third-order valence-corrected chi connectivity index (χ3v) is 6.28. The number of nitrogens with one attached hydrogen (secondary N) is 2. The van der Waals surface area contributed by atoms with Gasteiger partial charge in [-0.3, -0.25) is 9.59 Å². The van der Waals surface area contributed by atoms with Gasteiger partial charge >= 0.3 is 0 Å². The number of nitrogens with two attached hydrogens (primary N) is 1. The van der Waals surface area contributed by atoms with Crippen molar-refractivity contribution in [2.75, 3.05) is 6.54 Å². The highest BCUT2D eigenvalue weighted by Crippen LogP contribution is 2.25. The van der Waals surface area contributed by atoms with Crippen LogP contribution in [0.4, 0.5) is 0 Å². The molecule has 0 unspecified atom stereocenters. The molecule has 3 rings (SSSR count). The molecule has 8 nitrogen and oxygen atoms in total. The number of oxime groups is 1. The van der Waals surface area contributed by atoms with Crippen LogP contribution in [0.25, 0.3) is 11.1 Å². The lowest BCUT2D eigenvalue weighted by atomic mass is 9.90. The fraction of sp³-hybridized carbons (Fsp3) is 0.286. The summed E-state index contributed by atoms with van der Waals surface area (Å²) in [5.74, 6) is -0.489. The Balaban J connectivity index is 1.62. The van der Waals surface area contributed by atoms with Gasteiger partial charge in [-0.15, -0.1) is 0 Å². The van der Waals surface area contributed by atoms with Crippen LogP contribution in [0.2, 0.25) is 0 Å². The van der Waals surface area contributed by atoms with E-state index in [1.165, 1.54) is 0 Å². The molecule has 2 aromatic carbocycles. The molecule has 0 saturated heterocycles. The maximum Gasteiger partial charge on any atom is 0.242 e. The lowest BCUT2D eigenvalue weighted by Gasteiger charge is -2.23. The van der Waals surface area contributed by atoms with E-state index in [9.17, 15) is 14.9 Å². The van der Waals surface area contributed by atoms with Crippen molar-refractivity contribution in [2.45, 2.75) is 45.6 Å². The van der Waals surface area contributed by atoms with Gasteiger partial charge in [-0.1, -0.05) is 60.6 Å². The number of hydrogen-bond donors (Lipinski definition) is 4. The summed E-state index contributed by atoms with van der Waals surface area (Å²) in [5.41, 5.74) is 11.9. The molecule has 8 heteroatoms. The van der Waals surface area contributed by atoms with Gasteiger partial charge in [0.15, 0.2) is 0 Å². The van der Waals surface area contributed by atoms with E-state index in [0.717, 1.165) is 27.8 Å². The van der Waals surface area contributed by atoms with E-state index in [2.05, 4.69) is 21.9 Å². The first kappa shape index (κ1) is 26.2. The molecule has 0 bridgehead atoms. The normalized spacial score (nSPS) is 15.1. The van der Waals surface area contributed by atoms with E-state index >= 15 is 0 Å². The summed E-state index contributed by atoms with van der Waals surface area (Å²) in [6.07, 6.45) is 3.40. The number of nitriles is 1. The highest BCUT2D eigenvalue weighted by Gasteiger charge is 2.25. The second-order valence-electron chi connectivity index (χ2n) is 8.59. The molecule has 2 aromatic rings. The Morgan fingerprint density at radius 2 is 1.92 bits per heavy atom. The van der Waals surface area contributed by atoms with Crippen LogP contribution in [0.15, 0.2) is 76.6 Å². The molecular weight excluding hydrogens is 454 g/mol. The van der Waals surface area contributed by atoms with E-state index < -0.39 is 6.04 Å². The summed E-state index contributed by atoms with van der Waals surface area (Å²) in [7, 11) is 0. The zero-order valence-corrected chi connectivity index (χ0v) is 20.5. The number of hydrogen-bond acceptors (Lipinski definition) is 6. The van der Waals surface area contributed by atoms with Gasteiger partial charge in [0.1, 0.15) is 11.8 Å². The first-order chi connectivity index (χ1) is 17.4. The largest absolute Gasteiger partial charge is 0.411 e. The number of benzene rings is 2. The van der Waals surface area contributed by atoms with Gasteiger partial charge in [0.05, 0.1) is 17.3 Å². The van der Waals surface area contributed by atoms with Gasteiger partial charge in [-0.05, 0) is 47.2 Å². The van der Waals surface area contributed by atoms with Crippen molar-refractivity contribution in [1.82, 2.24) is 10.6 Å². The Morgan fingerprint density at radius 1 is 1.19 bits per heavy atom. The van der Waals surface area contributed by atoms with Crippen molar-refractivity contribution in [3.05, 3.63) is 82.6 Å². The molecule has 0 radical (unpaired) electrons. The first-order valence-electron chi connectivity index (χ1n) is 11.9. The fourth-order valence-corrected chi connectivity index (χ4v) is 4.07. The van der Waals surface area contributed by atoms with Crippen LogP contribution in [0, 0.1) is 11.3 Å². The third-order valence-electron chi connectivity index (χ3n) is 6.28. The Bertz CT molecular complexity index is 1250. The second kappa shape index (κ2) is 12.4. The summed E-state index contributed by atoms with van der Waals surface area (Å²) in [6.45, 7) is 3.94. The molecule has 0 aromatic heterocycles. The number of carbonyl (C=O) groups is 2. The number of rotatable bonds is 9. The summed E-state index contributed by atoms with van der Waals surface area (Å²) in [5, 5.41) is 27.4. The van der Waals surface area contributed by atoms with Crippen molar-refractivity contribution in [2.24, 2.45) is 10.9 Å². The number of allylic oxidation sites excluding steroid dienone is 3. The zero-order valence-electron chi connectivity index (χ0n) is 20.5. The maximum absolute atomic E-state index is 13.0. The van der Waals surface area contributed by atoms with E-state index in [-0.39, 0.29) is 24.7 Å². The topological polar surface area (TPSA) is 141 Å². The van der Waals surface area contributed by atoms with Gasteiger partial charge in [0.2, 0.25) is 11.8 Å². The SMILES string of the molecule is CCC(=O)N[C@@H](CC1=CCC(=NO)C(N)=C1C)C(=O)NCCc1ccc(-c2ccccc2C#N)cc1. The molecule has 0 fully saturated rings. The van der Waals surface area contributed by atoms with E-state index in [0.29, 0.717) is 36.4 Å². The minimum absolute atomic E-state index is 0.216. The zero-order chi connectivity index (χ0) is 26.1. The lowest BCUT2D eigenvalue weighted by Crippen LogP contribution is -2.47. The van der Waals surface area contributed by atoms with Crippen LogP contribution in [0.3, 0.4) is 0 Å². The molecule has 0 saturated carbocycles. The monoisotopic (exact) mass is 485 g/mol. The smallest absolute Gasteiger partial charge is 0.242 e. The first-order valence-corrected chi connectivity index (χ1v) is 11.9. The fourth-order valence-electron chi connectivity index (χ4n) is 4.07. The van der Waals surface area contributed by atoms with Gasteiger partial charge in [-0.25, -0.2) is 0 Å². The van der Waals surface area contributed by atoms with Crippen LogP contribution in [0.5, 0.6) is 0 Å². The Morgan fingerprint density at radius 3 is 2.58 bits per heavy atom. The molecule has 5 N–H and O–H groups in total. The predicted molar refractivity (Wildman–Crippen MR) is 139 cm³/mol. The molecule has 1 atom stereocenters. The molecule has 36 heavy (non-hydrogen) atoms. The number of carbonyl (C=O) groups excluding carboxylic acids is 2. The molecule has 2 amide bonds. The highest BCUT2D eigenvalue weighted by molar-refractivity contribution is 6.02. The molecule has 186 valence electrons. The standard InChI is InChI=1S/C28H31N5O3/c1-3-26(34)32-25(16-21-12-13-24(33-36)27(30)18(21)2)28(35)31-15-14-19-8-10-20(11-9-19)23-7-5-4-6-22(23)17-29/h4-12,25,36H,3,13-16,30H2,1-2H3,(H,31,35)(H,32,34)/t25-/m0/s1. The average molecular weight is 486 g/mol. The minimum atomic E-state index is -0.746. The molecule has 0 aliphatic heterocycles. The molecular formula is C28H31N5O3. The Kier molecular flexibility index (Phi) is 9.01. The quantitative estimate of drug-likeness (QED) is 0.317. The molecule has 1 aliphatic rings. The number of amides is 2. The summed E-state index contributed by atoms with van der Waals surface area (Å²) >= 11 is 0. The van der Waals surface area contributed by atoms with Crippen LogP contribution in [-0.2, 0) is 16.0 Å². The van der Waals surface area contributed by atoms with Gasteiger partial charge in [0.25, 0.3) is 0 Å². The summed E-state index contributed by atoms with van der Waals surface area (Å²) in [6, 6.07) is 16.8. The van der Waals surface area contributed by atoms with Gasteiger partial charge < -0.3 is 21.6 Å². The van der Waals surface area contributed by atoms with Crippen molar-refractivity contribution < 1.29 is 14.8 Å². The van der Waals surface area contributed by atoms with Crippen molar-refractivity contribution in [1.29, 1.82) is 5.26 Å². The predicted octanol–water partition coefficient (Wildman–Crippen LogP) is 3.56. The third kappa shape index (κ3) is 6.39. The van der Waals surface area contributed by atoms with E-state index in [1.807, 2.05) is 48.5 Å². The van der Waals surface area contributed by atoms with E-state index in [4.69, 9.17) is 10.9 Å². The molecule has 0 heterocycles. The highest BCUT2D eigenvalue weighted by atomic mass is 16.4. The maximum atomic E-state index is 13.0. The average Bonchev–Trinajstić information content (AvgIpc) is 2.91. The van der Waals surface area contributed by atoms with Crippen LogP contribution >= 0.6 is 0 Å². The van der Waals surface area contributed by atoms with Crippen LogP contribution in [0.1, 0.15) is 44.2 Å². The van der Waals surface area contributed by atoms with Crippen LogP contribution < -0.4 is 16.4 Å². The lowest BCUT2D eigenvalue weighted by molar-refractivity contribution is -0.128. The Hall–Kier alpha value is -4.38. The van der Waals surface area contributed by atoms with E-state index in [1.54, 1.807) is 19.9 Å². The molecule has 1 aliphatic carbocycles. The minimum Gasteiger partial charge on any atom is -0.411 e.